The quantitative estimate of drug-likeness (QED) is 0.578. The molecule has 7 heteroatoms. The number of aliphatic hydroxyl groups excluding tert-OH is 2. The Morgan fingerprint density at radius 2 is 2.00 bits per heavy atom. The number of aliphatic hydroxyl groups is 2. The van der Waals surface area contributed by atoms with Gasteiger partial charge in [0.25, 0.3) is 0 Å². The van der Waals surface area contributed by atoms with Crippen molar-refractivity contribution in [3.63, 3.8) is 0 Å². The van der Waals surface area contributed by atoms with Gasteiger partial charge in [-0.2, -0.15) is 0 Å². The van der Waals surface area contributed by atoms with Gasteiger partial charge >= 0.3 is 12.0 Å². The van der Waals surface area contributed by atoms with Crippen molar-refractivity contribution in [1.82, 2.24) is 9.80 Å². The third-order valence-corrected chi connectivity index (χ3v) is 3.29. The average Bonchev–Trinajstić information content (AvgIpc) is 2.75. The van der Waals surface area contributed by atoms with E-state index in [1.54, 1.807) is 7.05 Å². The fourth-order valence-corrected chi connectivity index (χ4v) is 2.21. The van der Waals surface area contributed by atoms with Crippen molar-refractivity contribution in [2.45, 2.75) is 37.8 Å². The second-order valence-corrected chi connectivity index (χ2v) is 4.88. The van der Waals surface area contributed by atoms with E-state index in [-0.39, 0.29) is 25.6 Å². The van der Waals surface area contributed by atoms with Gasteiger partial charge in [-0.1, -0.05) is 0 Å². The SMILES string of the molecule is CN(CCCCCO)C(=O)N1CC(O)C[C@H]1C(=O)O. The molecular formula is C12H22N2O5. The number of nitrogens with zero attached hydrogens (tertiary/aromatic N) is 2. The minimum Gasteiger partial charge on any atom is -0.480 e. The maximum Gasteiger partial charge on any atom is 0.326 e. The molecule has 0 saturated carbocycles. The van der Waals surface area contributed by atoms with Gasteiger partial charge < -0.3 is 25.1 Å². The van der Waals surface area contributed by atoms with Crippen LogP contribution in [0.15, 0.2) is 0 Å². The van der Waals surface area contributed by atoms with Crippen LogP contribution in [0, 0.1) is 0 Å². The Morgan fingerprint density at radius 1 is 1.32 bits per heavy atom. The Bertz CT molecular complexity index is 323. The number of aliphatic carboxylic acids is 1. The molecule has 7 nitrogen and oxygen atoms in total. The first kappa shape index (κ1) is 15.7. The van der Waals surface area contributed by atoms with Crippen molar-refractivity contribution in [3.05, 3.63) is 0 Å². The maximum atomic E-state index is 12.1. The third kappa shape index (κ3) is 4.36. The number of hydrogen-bond donors (Lipinski definition) is 3. The molecule has 0 aromatic carbocycles. The first-order chi connectivity index (χ1) is 8.97. The summed E-state index contributed by atoms with van der Waals surface area (Å²) in [6.45, 7) is 0.714. The lowest BCUT2D eigenvalue weighted by molar-refractivity contribution is -0.141. The number of carboxylic acid groups (broad SMARTS) is 1. The molecule has 1 heterocycles. The van der Waals surface area contributed by atoms with Gasteiger partial charge in [0.15, 0.2) is 0 Å². The van der Waals surface area contributed by atoms with Gasteiger partial charge in [0, 0.05) is 33.2 Å². The molecule has 1 fully saturated rings. The van der Waals surface area contributed by atoms with Crippen molar-refractivity contribution in [1.29, 1.82) is 0 Å². The molecule has 2 atom stereocenters. The largest absolute Gasteiger partial charge is 0.480 e. The number of carboxylic acids is 1. The van der Waals surface area contributed by atoms with Crippen LogP contribution >= 0.6 is 0 Å². The number of hydrogen-bond acceptors (Lipinski definition) is 4. The molecule has 0 aromatic heterocycles. The van der Waals surface area contributed by atoms with Gasteiger partial charge in [-0.25, -0.2) is 9.59 Å². The lowest BCUT2D eigenvalue weighted by Crippen LogP contribution is -2.47. The highest BCUT2D eigenvalue weighted by Crippen LogP contribution is 2.19. The van der Waals surface area contributed by atoms with Gasteiger partial charge in [0.05, 0.1) is 6.10 Å². The monoisotopic (exact) mass is 274 g/mol. The van der Waals surface area contributed by atoms with Gasteiger partial charge in [-0.15, -0.1) is 0 Å². The third-order valence-electron chi connectivity index (χ3n) is 3.29. The predicted molar refractivity (Wildman–Crippen MR) is 67.7 cm³/mol. The number of amides is 2. The van der Waals surface area contributed by atoms with Crippen molar-refractivity contribution < 1.29 is 24.9 Å². The Morgan fingerprint density at radius 3 is 2.58 bits per heavy atom. The Labute approximate surface area is 112 Å². The van der Waals surface area contributed by atoms with E-state index in [2.05, 4.69) is 0 Å². The fraction of sp³-hybridized carbons (Fsp3) is 0.833. The van der Waals surface area contributed by atoms with E-state index >= 15 is 0 Å². The van der Waals surface area contributed by atoms with Crippen LogP contribution in [-0.4, -0.2) is 76.0 Å². The van der Waals surface area contributed by atoms with Crippen LogP contribution in [0.4, 0.5) is 4.79 Å². The molecule has 0 aromatic rings. The van der Waals surface area contributed by atoms with Gasteiger partial charge in [-0.05, 0) is 19.3 Å². The standard InChI is InChI=1S/C12H22N2O5/c1-13(5-3-2-4-6-15)12(19)14-8-9(16)7-10(14)11(17)18/h9-10,15-16H,2-8H2,1H3,(H,17,18)/t9?,10-/m0/s1. The summed E-state index contributed by atoms with van der Waals surface area (Å²) in [5.74, 6) is -1.08. The second kappa shape index (κ2) is 7.30. The Kier molecular flexibility index (Phi) is 6.04. The van der Waals surface area contributed by atoms with Crippen LogP contribution in [0.5, 0.6) is 0 Å². The van der Waals surface area contributed by atoms with Crippen molar-refractivity contribution in [2.24, 2.45) is 0 Å². The highest BCUT2D eigenvalue weighted by molar-refractivity contribution is 5.83. The number of rotatable bonds is 6. The van der Waals surface area contributed by atoms with Crippen molar-refractivity contribution in [2.75, 3.05) is 26.7 Å². The molecule has 110 valence electrons. The summed E-state index contributed by atoms with van der Waals surface area (Å²) >= 11 is 0. The summed E-state index contributed by atoms with van der Waals surface area (Å²) in [4.78, 5) is 25.8. The van der Waals surface area contributed by atoms with E-state index in [0.29, 0.717) is 13.0 Å². The van der Waals surface area contributed by atoms with E-state index in [4.69, 9.17) is 10.2 Å². The molecule has 0 spiro atoms. The predicted octanol–water partition coefficient (Wildman–Crippen LogP) is -0.279. The number of urea groups is 1. The van der Waals surface area contributed by atoms with Crippen LogP contribution in [-0.2, 0) is 4.79 Å². The molecule has 1 saturated heterocycles. The van der Waals surface area contributed by atoms with Gasteiger partial charge in [0.2, 0.25) is 0 Å². The molecule has 1 rings (SSSR count). The molecule has 0 aliphatic carbocycles. The van der Waals surface area contributed by atoms with Crippen molar-refractivity contribution >= 4 is 12.0 Å². The summed E-state index contributed by atoms with van der Waals surface area (Å²) in [6, 6.07) is -1.31. The van der Waals surface area contributed by atoms with Crippen molar-refractivity contribution in [3.8, 4) is 0 Å². The zero-order valence-corrected chi connectivity index (χ0v) is 11.2. The molecule has 0 bridgehead atoms. The summed E-state index contributed by atoms with van der Waals surface area (Å²) in [6.07, 6.45) is 1.59. The molecule has 1 aliphatic heterocycles. The second-order valence-electron chi connectivity index (χ2n) is 4.88. The number of carbonyl (C=O) groups is 2. The zero-order chi connectivity index (χ0) is 14.4. The van der Waals surface area contributed by atoms with Crippen LogP contribution in [0.2, 0.25) is 0 Å². The molecule has 3 N–H and O–H groups in total. The number of carbonyl (C=O) groups excluding carboxylic acids is 1. The summed E-state index contributed by atoms with van der Waals surface area (Å²) < 4.78 is 0. The highest BCUT2D eigenvalue weighted by Gasteiger charge is 2.39. The lowest BCUT2D eigenvalue weighted by Gasteiger charge is -2.27. The van der Waals surface area contributed by atoms with Crippen LogP contribution < -0.4 is 0 Å². The Hall–Kier alpha value is -1.34. The summed E-state index contributed by atoms with van der Waals surface area (Å²) in [7, 11) is 1.62. The van der Waals surface area contributed by atoms with E-state index in [1.807, 2.05) is 0 Å². The number of likely N-dealkylation sites (tertiary alicyclic amines) is 1. The fourth-order valence-electron chi connectivity index (χ4n) is 2.21. The minimum absolute atomic E-state index is 0.0663. The van der Waals surface area contributed by atoms with Crippen LogP contribution in [0.25, 0.3) is 0 Å². The smallest absolute Gasteiger partial charge is 0.326 e. The summed E-state index contributed by atoms with van der Waals surface area (Å²) in [5, 5.41) is 27.2. The molecule has 1 aliphatic rings. The minimum atomic E-state index is -1.08. The first-order valence-corrected chi connectivity index (χ1v) is 6.50. The summed E-state index contributed by atoms with van der Waals surface area (Å²) in [5.41, 5.74) is 0. The molecule has 19 heavy (non-hydrogen) atoms. The van der Waals surface area contributed by atoms with Crippen LogP contribution in [0.1, 0.15) is 25.7 Å². The lowest BCUT2D eigenvalue weighted by atomic mass is 10.2. The molecule has 1 unspecified atom stereocenters. The van der Waals surface area contributed by atoms with Crippen LogP contribution in [0.3, 0.4) is 0 Å². The van der Waals surface area contributed by atoms with E-state index < -0.39 is 18.1 Å². The Balaban J connectivity index is 2.48. The molecule has 2 amide bonds. The zero-order valence-electron chi connectivity index (χ0n) is 11.2. The number of β-amino-alcohol motifs (C(OH)–C–C–N with tert-alkyl or cyclic N) is 1. The normalized spacial score (nSPS) is 22.6. The van der Waals surface area contributed by atoms with Gasteiger partial charge in [0.1, 0.15) is 6.04 Å². The molecular weight excluding hydrogens is 252 g/mol. The van der Waals surface area contributed by atoms with E-state index in [1.165, 1.54) is 9.80 Å². The number of unbranched alkanes of at least 4 members (excludes halogenated alkanes) is 2. The van der Waals surface area contributed by atoms with E-state index in [9.17, 15) is 14.7 Å². The first-order valence-electron chi connectivity index (χ1n) is 6.50. The average molecular weight is 274 g/mol. The maximum absolute atomic E-state index is 12.1. The topological polar surface area (TPSA) is 101 Å². The van der Waals surface area contributed by atoms with Gasteiger partial charge in [-0.3, -0.25) is 0 Å². The molecule has 0 radical (unpaired) electrons. The highest BCUT2D eigenvalue weighted by atomic mass is 16.4. The van der Waals surface area contributed by atoms with E-state index in [0.717, 1.165) is 12.8 Å².